The number of fused-ring (bicyclic) bond motifs is 2. The molecule has 2 aliphatic heterocycles. The fraction of sp³-hybridized carbons (Fsp3) is 0.192. The third-order valence-electron chi connectivity index (χ3n) is 5.57. The number of carbonyl (C=O) groups is 1. The number of allylic oxidation sites excluding steroid dienone is 2. The summed E-state index contributed by atoms with van der Waals surface area (Å²) in [5, 5.41) is 0. The Bertz CT molecular complexity index is 1500. The molecule has 5 rings (SSSR count). The van der Waals surface area contributed by atoms with Crippen LogP contribution in [0.1, 0.15) is 31.0 Å². The Hall–Kier alpha value is -3.91. The van der Waals surface area contributed by atoms with E-state index in [0.717, 1.165) is 5.56 Å². The predicted molar refractivity (Wildman–Crippen MR) is 129 cm³/mol. The van der Waals surface area contributed by atoms with Gasteiger partial charge in [-0.25, -0.2) is 9.79 Å². The minimum atomic E-state index is -0.690. The fourth-order valence-corrected chi connectivity index (χ4v) is 5.01. The Kier molecular flexibility index (Phi) is 5.90. The van der Waals surface area contributed by atoms with Gasteiger partial charge in [0.05, 0.1) is 28.5 Å². The standard InChI is InChI=1S/C26H22N2O5S/c1-3-31-25(30)22-16(2)27-26-28(23(22)18-12-13-19-20(14-18)33-15-32-19)24(29)21(34-26)11-7-10-17-8-5-4-6-9-17/h4-14,23H,3,15H2,1-2H3/b10-7+,21-11+/t23-/m0/s1. The molecule has 0 spiro atoms. The van der Waals surface area contributed by atoms with Crippen LogP contribution >= 0.6 is 11.3 Å². The van der Waals surface area contributed by atoms with Crippen LogP contribution in [0.5, 0.6) is 11.5 Å². The van der Waals surface area contributed by atoms with E-state index >= 15 is 0 Å². The van der Waals surface area contributed by atoms with Crippen molar-refractivity contribution in [2.24, 2.45) is 4.99 Å². The molecule has 0 radical (unpaired) electrons. The number of thiazole rings is 1. The summed E-state index contributed by atoms with van der Waals surface area (Å²) in [7, 11) is 0. The fourth-order valence-electron chi connectivity index (χ4n) is 4.02. The summed E-state index contributed by atoms with van der Waals surface area (Å²) >= 11 is 1.29. The molecule has 7 nitrogen and oxygen atoms in total. The average Bonchev–Trinajstić information content (AvgIpc) is 3.43. The van der Waals surface area contributed by atoms with Gasteiger partial charge in [0.2, 0.25) is 6.79 Å². The number of benzene rings is 2. The van der Waals surface area contributed by atoms with E-state index in [4.69, 9.17) is 14.2 Å². The van der Waals surface area contributed by atoms with E-state index in [0.29, 0.717) is 37.7 Å². The number of esters is 1. The molecule has 34 heavy (non-hydrogen) atoms. The molecule has 0 amide bonds. The second-order valence-electron chi connectivity index (χ2n) is 7.71. The topological polar surface area (TPSA) is 79.1 Å². The molecule has 0 saturated carbocycles. The zero-order valence-corrected chi connectivity index (χ0v) is 19.5. The lowest BCUT2D eigenvalue weighted by molar-refractivity contribution is -0.139. The Morgan fingerprint density at radius 1 is 1.21 bits per heavy atom. The number of aromatic nitrogens is 1. The molecule has 1 atom stereocenters. The van der Waals surface area contributed by atoms with Crippen LogP contribution in [0.4, 0.5) is 0 Å². The largest absolute Gasteiger partial charge is 0.463 e. The first-order valence-electron chi connectivity index (χ1n) is 10.9. The lowest BCUT2D eigenvalue weighted by Gasteiger charge is -2.24. The Balaban J connectivity index is 1.65. The normalized spacial score (nSPS) is 17.1. The second kappa shape index (κ2) is 9.15. The number of carbonyl (C=O) groups excluding carboxylic acids is 1. The molecule has 0 saturated heterocycles. The maximum atomic E-state index is 13.5. The van der Waals surface area contributed by atoms with Crippen molar-refractivity contribution < 1.29 is 19.0 Å². The van der Waals surface area contributed by atoms with Crippen LogP contribution < -0.4 is 24.4 Å². The maximum Gasteiger partial charge on any atom is 0.338 e. The van der Waals surface area contributed by atoms with Crippen LogP contribution in [-0.2, 0) is 9.53 Å². The second-order valence-corrected chi connectivity index (χ2v) is 8.72. The highest BCUT2D eigenvalue weighted by Gasteiger charge is 2.34. The maximum absolute atomic E-state index is 13.5. The van der Waals surface area contributed by atoms with E-state index in [1.54, 1.807) is 36.6 Å². The molecular formula is C26H22N2O5S. The minimum absolute atomic E-state index is 0.134. The SMILES string of the molecule is CCOC(=O)C1=C(C)N=c2s/c(=C/C=C/c3ccccc3)c(=O)n2[C@H]1c1ccc2c(c1)OCO2. The average molecular weight is 475 g/mol. The molecule has 0 unspecified atom stereocenters. The van der Waals surface area contributed by atoms with Gasteiger partial charge in [0.1, 0.15) is 0 Å². The van der Waals surface area contributed by atoms with Gasteiger partial charge in [-0.2, -0.15) is 0 Å². The monoisotopic (exact) mass is 474 g/mol. The molecule has 8 heteroatoms. The highest BCUT2D eigenvalue weighted by atomic mass is 32.1. The van der Waals surface area contributed by atoms with Crippen molar-refractivity contribution in [2.75, 3.05) is 13.4 Å². The molecule has 0 N–H and O–H groups in total. The van der Waals surface area contributed by atoms with Crippen molar-refractivity contribution in [3.63, 3.8) is 0 Å². The van der Waals surface area contributed by atoms with Crippen molar-refractivity contribution in [2.45, 2.75) is 19.9 Å². The summed E-state index contributed by atoms with van der Waals surface area (Å²) < 4.78 is 18.4. The number of ether oxygens (including phenoxy) is 3. The van der Waals surface area contributed by atoms with Crippen LogP contribution in [0.2, 0.25) is 0 Å². The number of rotatable bonds is 5. The van der Waals surface area contributed by atoms with Crippen LogP contribution in [0, 0.1) is 0 Å². The molecular weight excluding hydrogens is 452 g/mol. The molecule has 2 aliphatic rings. The van der Waals surface area contributed by atoms with Crippen molar-refractivity contribution in [3.05, 3.63) is 96.7 Å². The smallest absolute Gasteiger partial charge is 0.338 e. The van der Waals surface area contributed by atoms with Gasteiger partial charge in [0.15, 0.2) is 16.3 Å². The van der Waals surface area contributed by atoms with E-state index in [1.165, 1.54) is 11.3 Å². The quantitative estimate of drug-likeness (QED) is 0.531. The first kappa shape index (κ1) is 21.9. The highest BCUT2D eigenvalue weighted by Crippen LogP contribution is 2.38. The van der Waals surface area contributed by atoms with Gasteiger partial charge in [-0.05, 0) is 43.2 Å². The first-order valence-corrected chi connectivity index (χ1v) is 11.7. The van der Waals surface area contributed by atoms with Crippen LogP contribution in [0.25, 0.3) is 12.2 Å². The molecule has 3 aromatic rings. The molecule has 172 valence electrons. The zero-order valence-electron chi connectivity index (χ0n) is 18.7. The van der Waals surface area contributed by atoms with Gasteiger partial charge in [-0.1, -0.05) is 59.9 Å². The Morgan fingerprint density at radius 3 is 2.79 bits per heavy atom. The van der Waals surface area contributed by atoms with Gasteiger partial charge in [-0.3, -0.25) is 9.36 Å². The van der Waals surface area contributed by atoms with Gasteiger partial charge in [-0.15, -0.1) is 0 Å². The van der Waals surface area contributed by atoms with Crippen LogP contribution in [0.3, 0.4) is 0 Å². The third-order valence-corrected chi connectivity index (χ3v) is 6.57. The van der Waals surface area contributed by atoms with E-state index in [1.807, 2.05) is 48.6 Å². The number of hydrogen-bond donors (Lipinski definition) is 0. The lowest BCUT2D eigenvalue weighted by atomic mass is 9.95. The van der Waals surface area contributed by atoms with Gasteiger partial charge in [0.25, 0.3) is 5.56 Å². The third kappa shape index (κ3) is 3.97. The van der Waals surface area contributed by atoms with Crippen LogP contribution in [-0.4, -0.2) is 23.9 Å². The van der Waals surface area contributed by atoms with E-state index in [9.17, 15) is 9.59 Å². The van der Waals surface area contributed by atoms with E-state index < -0.39 is 12.0 Å². The molecule has 0 fully saturated rings. The van der Waals surface area contributed by atoms with Gasteiger partial charge < -0.3 is 14.2 Å². The van der Waals surface area contributed by atoms with Gasteiger partial charge in [0, 0.05) is 0 Å². The van der Waals surface area contributed by atoms with Crippen LogP contribution in [0.15, 0.2) is 75.7 Å². The van der Waals surface area contributed by atoms with Crippen molar-refractivity contribution in [1.82, 2.24) is 4.57 Å². The van der Waals surface area contributed by atoms with E-state index in [2.05, 4.69) is 4.99 Å². The molecule has 1 aromatic heterocycles. The molecule has 2 aromatic carbocycles. The summed E-state index contributed by atoms with van der Waals surface area (Å²) in [6.07, 6.45) is 5.55. The summed E-state index contributed by atoms with van der Waals surface area (Å²) in [4.78, 5) is 31.6. The first-order chi connectivity index (χ1) is 16.6. The Morgan fingerprint density at radius 2 is 2.00 bits per heavy atom. The summed E-state index contributed by atoms with van der Waals surface area (Å²) in [6, 6.07) is 14.6. The predicted octanol–water partition coefficient (Wildman–Crippen LogP) is 3.19. The zero-order chi connectivity index (χ0) is 23.7. The molecule has 0 bridgehead atoms. The van der Waals surface area contributed by atoms with Gasteiger partial charge >= 0.3 is 5.97 Å². The van der Waals surface area contributed by atoms with Crippen molar-refractivity contribution in [3.8, 4) is 11.5 Å². The summed E-state index contributed by atoms with van der Waals surface area (Å²) in [6.45, 7) is 3.86. The van der Waals surface area contributed by atoms with E-state index in [-0.39, 0.29) is 19.0 Å². The lowest BCUT2D eigenvalue weighted by Crippen LogP contribution is -2.39. The molecule has 0 aliphatic carbocycles. The van der Waals surface area contributed by atoms with Crippen molar-refractivity contribution in [1.29, 1.82) is 0 Å². The summed E-state index contributed by atoms with van der Waals surface area (Å²) in [5.74, 6) is 0.702. The molecule has 3 heterocycles. The number of hydrogen-bond acceptors (Lipinski definition) is 7. The van der Waals surface area contributed by atoms with Crippen molar-refractivity contribution >= 4 is 29.5 Å². The Labute approximate surface area is 199 Å². The number of nitrogens with zero attached hydrogens (tertiary/aromatic N) is 2. The summed E-state index contributed by atoms with van der Waals surface area (Å²) in [5.41, 5.74) is 2.38. The minimum Gasteiger partial charge on any atom is -0.463 e. The highest BCUT2D eigenvalue weighted by molar-refractivity contribution is 7.07.